The van der Waals surface area contributed by atoms with E-state index in [0.717, 1.165) is 29.1 Å². The quantitative estimate of drug-likeness (QED) is 0.134. The van der Waals surface area contributed by atoms with Crippen molar-refractivity contribution in [2.75, 3.05) is 11.5 Å². The van der Waals surface area contributed by atoms with Crippen LogP contribution < -0.4 is 32.3 Å². The molecular formula is C28H36N8O12S2. The lowest BCUT2D eigenvalue weighted by Crippen LogP contribution is -2.30. The number of nitrogens with zero attached hydrogens (tertiary/aromatic N) is 3. The average molecular weight is 741 g/mol. The molecule has 0 radical (unpaired) electrons. The van der Waals surface area contributed by atoms with Gasteiger partial charge in [-0.25, -0.2) is 0 Å². The van der Waals surface area contributed by atoms with Gasteiger partial charge >= 0.3 is 27.7 Å². The minimum atomic E-state index is -0.821. The fourth-order valence-corrected chi connectivity index (χ4v) is 6.63. The van der Waals surface area contributed by atoms with E-state index in [9.17, 15) is 33.6 Å². The van der Waals surface area contributed by atoms with Gasteiger partial charge in [0.1, 0.15) is 15.5 Å². The standard InChI is InChI=1S/C13H16N4O5S.C10H16O5.C5H4N4O2S/c1-3-6-4-7(21-5(2)18)11(22-6)17-9-8(23-13(17)20)10(19)16-12(14)15-9;1-4-8-5-9(13-6(2)11)10(15-8)14-7(3)12;6-4-7-2-1(3(10)9-4)12-5(11)8-2/h6-7,11H,3-4H2,1-2H3,(H3,14,15,16,19);8-10H,4-5H2,1-3H3;(H4,6,7,8,9,10,11)/t6-,7-,11-;8-,9-,10-;/m11./s1. The molecule has 2 aliphatic rings. The van der Waals surface area contributed by atoms with Crippen molar-refractivity contribution in [1.82, 2.24) is 29.5 Å². The van der Waals surface area contributed by atoms with Crippen LogP contribution in [0.25, 0.3) is 20.7 Å². The zero-order valence-electron chi connectivity index (χ0n) is 27.5. The Hall–Kier alpha value is -4.93. The van der Waals surface area contributed by atoms with Crippen molar-refractivity contribution in [1.29, 1.82) is 0 Å². The molecule has 0 amide bonds. The number of thiazole rings is 2. The maximum absolute atomic E-state index is 12.3. The number of aromatic amines is 3. The SMILES string of the molecule is CC[C@@H]1C[C@@H](OC(C)=O)[C@H](OC(C)=O)O1.CC[C@@H]1C[C@@H](OC(C)=O)[C@H](n2c(=O)sc3c(=O)[nH]c(N)nc32)O1.Nc1nc2[nH]c(=O)sc2c(=O)[nH]1. The summed E-state index contributed by atoms with van der Waals surface area (Å²) in [5, 5.41) is 0. The molecule has 2 fully saturated rings. The summed E-state index contributed by atoms with van der Waals surface area (Å²) < 4.78 is 28.1. The Morgan fingerprint density at radius 3 is 1.92 bits per heavy atom. The number of carbonyl (C=O) groups is 3. The molecule has 0 unspecified atom stereocenters. The van der Waals surface area contributed by atoms with Crippen molar-refractivity contribution < 1.29 is 38.1 Å². The molecule has 7 N–H and O–H groups in total. The number of nitrogens with one attached hydrogen (secondary N) is 3. The van der Waals surface area contributed by atoms with Crippen LogP contribution in [0.15, 0.2) is 19.2 Å². The molecule has 272 valence electrons. The molecule has 2 aliphatic heterocycles. The number of esters is 3. The predicted molar refractivity (Wildman–Crippen MR) is 179 cm³/mol. The molecule has 0 aromatic carbocycles. The highest BCUT2D eigenvalue weighted by Crippen LogP contribution is 2.34. The number of carbonyl (C=O) groups excluding carboxylic acids is 3. The molecule has 0 saturated carbocycles. The molecule has 2 saturated heterocycles. The van der Waals surface area contributed by atoms with Crippen molar-refractivity contribution in [2.45, 2.75) is 97.2 Å². The van der Waals surface area contributed by atoms with E-state index >= 15 is 0 Å². The zero-order chi connectivity index (χ0) is 36.9. The second-order valence-corrected chi connectivity index (χ2v) is 12.9. The third-order valence-corrected chi connectivity index (χ3v) is 8.97. The molecule has 4 aromatic rings. The zero-order valence-corrected chi connectivity index (χ0v) is 29.1. The summed E-state index contributed by atoms with van der Waals surface area (Å²) in [5.74, 6) is -1.38. The van der Waals surface area contributed by atoms with Crippen LogP contribution in [0.4, 0.5) is 11.9 Å². The van der Waals surface area contributed by atoms with E-state index in [1.807, 2.05) is 13.8 Å². The molecular weight excluding hydrogens is 704 g/mol. The van der Waals surface area contributed by atoms with Crippen molar-refractivity contribution in [3.05, 3.63) is 40.0 Å². The van der Waals surface area contributed by atoms with Gasteiger partial charge in [0, 0.05) is 33.6 Å². The maximum atomic E-state index is 12.3. The maximum Gasteiger partial charge on any atom is 0.311 e. The third-order valence-electron chi connectivity index (χ3n) is 7.15. The predicted octanol–water partition coefficient (Wildman–Crippen LogP) is 0.619. The van der Waals surface area contributed by atoms with E-state index in [1.165, 1.54) is 25.3 Å². The molecule has 4 aromatic heterocycles. The molecule has 22 heteroatoms. The number of fused-ring (bicyclic) bond motifs is 2. The third kappa shape index (κ3) is 9.19. The smallest absolute Gasteiger partial charge is 0.311 e. The number of rotatable bonds is 6. The summed E-state index contributed by atoms with van der Waals surface area (Å²) in [6, 6.07) is 0. The lowest BCUT2D eigenvalue weighted by atomic mass is 10.1. The fraction of sp³-hybridized carbons (Fsp3) is 0.536. The number of H-pyrrole nitrogens is 3. The van der Waals surface area contributed by atoms with E-state index in [0.29, 0.717) is 19.3 Å². The van der Waals surface area contributed by atoms with Crippen LogP contribution in [-0.4, -0.2) is 78.1 Å². The van der Waals surface area contributed by atoms with Crippen LogP contribution >= 0.6 is 22.7 Å². The Kier molecular flexibility index (Phi) is 12.3. The number of anilines is 2. The van der Waals surface area contributed by atoms with Crippen molar-refractivity contribution in [2.24, 2.45) is 0 Å². The summed E-state index contributed by atoms with van der Waals surface area (Å²) in [6.07, 6.45) is -0.264. The molecule has 6 atom stereocenters. The number of hydrogen-bond acceptors (Lipinski definition) is 18. The summed E-state index contributed by atoms with van der Waals surface area (Å²) >= 11 is 1.57. The Morgan fingerprint density at radius 1 is 0.780 bits per heavy atom. The minimum absolute atomic E-state index is 0.00144. The van der Waals surface area contributed by atoms with Crippen LogP contribution in [0.2, 0.25) is 0 Å². The number of hydrogen-bond donors (Lipinski definition) is 5. The van der Waals surface area contributed by atoms with E-state index in [-0.39, 0.29) is 55.2 Å². The highest BCUT2D eigenvalue weighted by atomic mass is 32.1. The Balaban J connectivity index is 0.000000180. The van der Waals surface area contributed by atoms with Gasteiger partial charge in [-0.2, -0.15) is 9.97 Å². The summed E-state index contributed by atoms with van der Waals surface area (Å²) in [6.45, 7) is 7.82. The van der Waals surface area contributed by atoms with Crippen LogP contribution in [0.1, 0.15) is 66.5 Å². The monoisotopic (exact) mass is 740 g/mol. The Morgan fingerprint density at radius 2 is 1.32 bits per heavy atom. The van der Waals surface area contributed by atoms with Gasteiger partial charge in [0.15, 0.2) is 23.6 Å². The topological polar surface area (TPSA) is 296 Å². The van der Waals surface area contributed by atoms with Gasteiger partial charge in [0.05, 0.1) is 12.2 Å². The minimum Gasteiger partial charge on any atom is -0.458 e. The van der Waals surface area contributed by atoms with Crippen molar-refractivity contribution in [3.63, 3.8) is 0 Å². The van der Waals surface area contributed by atoms with Crippen LogP contribution in [0.3, 0.4) is 0 Å². The molecule has 50 heavy (non-hydrogen) atoms. The van der Waals surface area contributed by atoms with Gasteiger partial charge in [-0.3, -0.25) is 53.1 Å². The van der Waals surface area contributed by atoms with Crippen LogP contribution in [0, 0.1) is 0 Å². The van der Waals surface area contributed by atoms with Gasteiger partial charge in [0.25, 0.3) is 11.1 Å². The largest absolute Gasteiger partial charge is 0.458 e. The van der Waals surface area contributed by atoms with E-state index < -0.39 is 53.1 Å². The molecule has 6 rings (SSSR count). The highest BCUT2D eigenvalue weighted by Gasteiger charge is 2.40. The lowest BCUT2D eigenvalue weighted by molar-refractivity contribution is -0.194. The summed E-state index contributed by atoms with van der Waals surface area (Å²) in [4.78, 5) is 93.1. The fourth-order valence-electron chi connectivity index (χ4n) is 5.12. The molecule has 20 nitrogen and oxygen atoms in total. The Labute approximate surface area is 289 Å². The van der Waals surface area contributed by atoms with Gasteiger partial charge in [-0.1, -0.05) is 36.5 Å². The highest BCUT2D eigenvalue weighted by molar-refractivity contribution is 7.16. The van der Waals surface area contributed by atoms with E-state index in [2.05, 4.69) is 24.9 Å². The molecule has 6 heterocycles. The number of aromatic nitrogens is 6. The lowest BCUT2D eigenvalue weighted by Gasteiger charge is -2.19. The van der Waals surface area contributed by atoms with Crippen molar-refractivity contribution in [3.8, 4) is 0 Å². The second-order valence-electron chi connectivity index (χ2n) is 11.0. The van der Waals surface area contributed by atoms with Crippen molar-refractivity contribution >= 4 is 73.2 Å². The van der Waals surface area contributed by atoms with E-state index in [4.69, 9.17) is 35.2 Å². The normalized spacial score (nSPS) is 22.7. The first-order valence-electron chi connectivity index (χ1n) is 15.2. The first-order chi connectivity index (χ1) is 23.6. The first-order valence-corrected chi connectivity index (χ1v) is 16.8. The number of ether oxygens (including phenoxy) is 5. The second kappa shape index (κ2) is 16.2. The summed E-state index contributed by atoms with van der Waals surface area (Å²) in [7, 11) is 0. The van der Waals surface area contributed by atoms with Crippen LogP contribution in [0.5, 0.6) is 0 Å². The van der Waals surface area contributed by atoms with E-state index in [1.54, 1.807) is 0 Å². The number of nitrogens with two attached hydrogens (primary N) is 2. The Bertz CT molecular complexity index is 2080. The molecule has 0 aliphatic carbocycles. The van der Waals surface area contributed by atoms with Gasteiger partial charge in [-0.15, -0.1) is 0 Å². The summed E-state index contributed by atoms with van der Waals surface area (Å²) in [5.41, 5.74) is 10.3. The van der Waals surface area contributed by atoms with Gasteiger partial charge < -0.3 is 35.2 Å². The van der Waals surface area contributed by atoms with Gasteiger partial charge in [-0.05, 0) is 12.8 Å². The first kappa shape index (κ1) is 37.9. The van der Waals surface area contributed by atoms with Crippen LogP contribution in [-0.2, 0) is 38.1 Å². The van der Waals surface area contributed by atoms with Gasteiger partial charge in [0.2, 0.25) is 18.2 Å². The average Bonchev–Trinajstić information content (AvgIpc) is 3.77. The molecule has 0 spiro atoms. The molecule has 0 bridgehead atoms. The number of nitrogen functional groups attached to an aromatic ring is 2.